The molecule has 64 valence electrons. The van der Waals surface area contributed by atoms with E-state index in [0.717, 1.165) is 12.1 Å². The van der Waals surface area contributed by atoms with Gasteiger partial charge in [0.05, 0.1) is 0 Å². The molecule has 1 aromatic carbocycles. The summed E-state index contributed by atoms with van der Waals surface area (Å²) in [5.41, 5.74) is 5.58. The Labute approximate surface area is 68.6 Å². The van der Waals surface area contributed by atoms with Crippen molar-refractivity contribution in [1.82, 2.24) is 0 Å². The number of anilines is 1. The van der Waals surface area contributed by atoms with Crippen LogP contribution in [0.15, 0.2) is 18.2 Å². The molecular weight excluding hydrogens is 164 g/mol. The van der Waals surface area contributed by atoms with E-state index >= 15 is 0 Å². The molecule has 6 heteroatoms. The maximum atomic E-state index is 12.7. The van der Waals surface area contributed by atoms with Crippen molar-refractivity contribution in [3.05, 3.63) is 24.0 Å². The minimum atomic E-state index is -2.04. The molecule has 0 aliphatic heterocycles. The van der Waals surface area contributed by atoms with Crippen LogP contribution >= 0.6 is 0 Å². The molecule has 12 heavy (non-hydrogen) atoms. The van der Waals surface area contributed by atoms with Crippen LogP contribution in [-0.4, -0.2) is 17.4 Å². The van der Waals surface area contributed by atoms with Gasteiger partial charge in [0.25, 0.3) is 0 Å². The molecule has 4 nitrogen and oxygen atoms in total. The standard InChI is InChI=1S/C6H7BFNO3/c8-5-2-1-4(9)3-6(5)12-7(10)11/h1-3,10-11H,9H2. The molecule has 1 rings (SSSR count). The highest BCUT2D eigenvalue weighted by Crippen LogP contribution is 2.19. The monoisotopic (exact) mass is 171 g/mol. The summed E-state index contributed by atoms with van der Waals surface area (Å²) in [6, 6.07) is 3.58. The summed E-state index contributed by atoms with van der Waals surface area (Å²) in [5.74, 6) is -0.984. The zero-order chi connectivity index (χ0) is 9.14. The Morgan fingerprint density at radius 3 is 2.67 bits per heavy atom. The molecule has 0 atom stereocenters. The van der Waals surface area contributed by atoms with Gasteiger partial charge >= 0.3 is 7.32 Å². The van der Waals surface area contributed by atoms with Crippen molar-refractivity contribution in [2.24, 2.45) is 0 Å². The Hall–Kier alpha value is -1.27. The van der Waals surface area contributed by atoms with Gasteiger partial charge in [-0.25, -0.2) is 4.39 Å². The Bertz CT molecular complexity index is 281. The number of benzene rings is 1. The Morgan fingerprint density at radius 2 is 2.08 bits per heavy atom. The number of nitrogens with two attached hydrogens (primary N) is 1. The van der Waals surface area contributed by atoms with Crippen LogP contribution in [-0.2, 0) is 0 Å². The van der Waals surface area contributed by atoms with Gasteiger partial charge in [-0.05, 0) is 12.1 Å². The van der Waals surface area contributed by atoms with Gasteiger partial charge in [-0.1, -0.05) is 0 Å². The molecule has 0 unspecified atom stereocenters. The van der Waals surface area contributed by atoms with Gasteiger partial charge < -0.3 is 20.4 Å². The van der Waals surface area contributed by atoms with Crippen LogP contribution in [0.25, 0.3) is 0 Å². The minimum absolute atomic E-state index is 0.284. The fourth-order valence-corrected chi connectivity index (χ4v) is 0.724. The van der Waals surface area contributed by atoms with Gasteiger partial charge in [0.15, 0.2) is 5.82 Å². The number of hydrogen-bond acceptors (Lipinski definition) is 4. The summed E-state index contributed by atoms with van der Waals surface area (Å²) in [6.07, 6.45) is 0. The van der Waals surface area contributed by atoms with Gasteiger partial charge in [-0.15, -0.1) is 0 Å². The highest BCUT2D eigenvalue weighted by molar-refractivity contribution is 6.33. The van der Waals surface area contributed by atoms with Gasteiger partial charge in [0, 0.05) is 11.8 Å². The number of nitrogen functional groups attached to an aromatic ring is 1. The van der Waals surface area contributed by atoms with Crippen molar-refractivity contribution in [3.63, 3.8) is 0 Å². The Kier molecular flexibility index (Phi) is 2.52. The van der Waals surface area contributed by atoms with Crippen molar-refractivity contribution in [3.8, 4) is 5.75 Å². The van der Waals surface area contributed by atoms with E-state index in [1.807, 2.05) is 0 Å². The van der Waals surface area contributed by atoms with Crippen LogP contribution < -0.4 is 10.4 Å². The molecule has 0 bridgehead atoms. The smallest absolute Gasteiger partial charge is 0.510 e. The molecule has 1 aromatic rings. The number of hydrogen-bond donors (Lipinski definition) is 3. The van der Waals surface area contributed by atoms with Crippen molar-refractivity contribution in [2.45, 2.75) is 0 Å². The third-order valence-electron chi connectivity index (χ3n) is 1.19. The lowest BCUT2D eigenvalue weighted by atomic mass is 10.2. The second-order valence-electron chi connectivity index (χ2n) is 2.13. The second kappa shape index (κ2) is 3.42. The normalized spacial score (nSPS) is 9.58. The summed E-state index contributed by atoms with van der Waals surface area (Å²) >= 11 is 0. The molecule has 0 fully saturated rings. The minimum Gasteiger partial charge on any atom is -0.510 e. The van der Waals surface area contributed by atoms with E-state index < -0.39 is 13.1 Å². The second-order valence-corrected chi connectivity index (χ2v) is 2.13. The lowest BCUT2D eigenvalue weighted by molar-refractivity contribution is 0.282. The summed E-state index contributed by atoms with van der Waals surface area (Å²) < 4.78 is 17.0. The molecule has 0 amide bonds. The first kappa shape index (κ1) is 8.83. The van der Waals surface area contributed by atoms with Crippen molar-refractivity contribution in [1.29, 1.82) is 0 Å². The van der Waals surface area contributed by atoms with Gasteiger partial charge in [0.2, 0.25) is 0 Å². The molecule has 0 saturated heterocycles. The number of rotatable bonds is 2. The average molecular weight is 171 g/mol. The quantitative estimate of drug-likeness (QED) is 0.423. The van der Waals surface area contributed by atoms with E-state index in [-0.39, 0.29) is 11.4 Å². The molecule has 0 aliphatic carbocycles. The van der Waals surface area contributed by atoms with Crippen LogP contribution in [0.5, 0.6) is 5.75 Å². The fourth-order valence-electron chi connectivity index (χ4n) is 0.724. The lowest BCUT2D eigenvalue weighted by Crippen LogP contribution is -2.21. The molecule has 0 radical (unpaired) electrons. The van der Waals surface area contributed by atoms with Crippen LogP contribution in [0.4, 0.5) is 10.1 Å². The molecule has 0 heterocycles. The van der Waals surface area contributed by atoms with E-state index in [1.54, 1.807) is 0 Å². The summed E-state index contributed by atoms with van der Waals surface area (Å²) in [5, 5.41) is 16.7. The average Bonchev–Trinajstić information content (AvgIpc) is 1.96. The molecule has 0 saturated carbocycles. The van der Waals surface area contributed by atoms with E-state index in [2.05, 4.69) is 4.65 Å². The van der Waals surface area contributed by atoms with Crippen LogP contribution in [0.1, 0.15) is 0 Å². The Morgan fingerprint density at radius 1 is 1.42 bits per heavy atom. The van der Waals surface area contributed by atoms with Crippen LogP contribution in [0.3, 0.4) is 0 Å². The maximum Gasteiger partial charge on any atom is 0.707 e. The predicted molar refractivity (Wildman–Crippen MR) is 41.6 cm³/mol. The summed E-state index contributed by atoms with van der Waals surface area (Å²) in [4.78, 5) is 0. The zero-order valence-electron chi connectivity index (χ0n) is 6.07. The van der Waals surface area contributed by atoms with Crippen molar-refractivity contribution >= 4 is 13.0 Å². The van der Waals surface area contributed by atoms with Crippen LogP contribution in [0.2, 0.25) is 0 Å². The van der Waals surface area contributed by atoms with Gasteiger partial charge in [0.1, 0.15) is 5.75 Å². The molecule has 0 aromatic heterocycles. The predicted octanol–water partition coefficient (Wildman–Crippen LogP) is -0.244. The molecule has 4 N–H and O–H groups in total. The van der Waals surface area contributed by atoms with E-state index in [4.69, 9.17) is 15.8 Å². The zero-order valence-corrected chi connectivity index (χ0v) is 6.07. The van der Waals surface area contributed by atoms with E-state index in [9.17, 15) is 4.39 Å². The lowest BCUT2D eigenvalue weighted by Gasteiger charge is -2.05. The fraction of sp³-hybridized carbons (Fsp3) is 0. The van der Waals surface area contributed by atoms with Gasteiger partial charge in [-0.2, -0.15) is 0 Å². The largest absolute Gasteiger partial charge is 0.707 e. The maximum absolute atomic E-state index is 12.7. The topological polar surface area (TPSA) is 75.7 Å². The first-order chi connectivity index (χ1) is 5.59. The van der Waals surface area contributed by atoms with Crippen molar-refractivity contribution in [2.75, 3.05) is 5.73 Å². The molecular formula is C6H7BFNO3. The highest BCUT2D eigenvalue weighted by Gasteiger charge is 2.14. The van der Waals surface area contributed by atoms with Crippen LogP contribution in [0, 0.1) is 5.82 Å². The van der Waals surface area contributed by atoms with E-state index in [1.165, 1.54) is 6.07 Å². The molecule has 0 aliphatic rings. The van der Waals surface area contributed by atoms with E-state index in [0.29, 0.717) is 0 Å². The SMILES string of the molecule is Nc1ccc(F)c(OB(O)O)c1. The van der Waals surface area contributed by atoms with Crippen molar-refractivity contribution < 1.29 is 19.1 Å². The Balaban J connectivity index is 2.90. The number of halogens is 1. The summed E-state index contributed by atoms with van der Waals surface area (Å²) in [6.45, 7) is 0. The summed E-state index contributed by atoms with van der Waals surface area (Å²) in [7, 11) is -2.04. The highest BCUT2D eigenvalue weighted by atomic mass is 19.1. The molecule has 0 spiro atoms. The third-order valence-corrected chi connectivity index (χ3v) is 1.19. The third kappa shape index (κ3) is 2.11. The first-order valence-corrected chi connectivity index (χ1v) is 3.17. The van der Waals surface area contributed by atoms with Gasteiger partial charge in [-0.3, -0.25) is 0 Å². The first-order valence-electron chi connectivity index (χ1n) is 3.17.